The van der Waals surface area contributed by atoms with Crippen LogP contribution in [0.3, 0.4) is 0 Å². The zero-order chi connectivity index (χ0) is 13.4. The number of hydrogen-bond donors (Lipinski definition) is 3. The van der Waals surface area contributed by atoms with Gasteiger partial charge in [0.15, 0.2) is 0 Å². The van der Waals surface area contributed by atoms with E-state index in [4.69, 9.17) is 14.6 Å². The van der Waals surface area contributed by atoms with Crippen LogP contribution in [0.15, 0.2) is 0 Å². The molecule has 0 aromatic rings. The first-order valence-electron chi connectivity index (χ1n) is 5.97. The lowest BCUT2D eigenvalue weighted by Gasteiger charge is -2.23. The number of aliphatic carboxylic acids is 1. The molecule has 0 saturated carbocycles. The number of amides is 1. The summed E-state index contributed by atoms with van der Waals surface area (Å²) in [5.74, 6) is -1.37. The SMILES string of the molecule is COCCC(NC(=O)CC1CNCCO1)C(=O)O. The number of rotatable bonds is 7. The lowest BCUT2D eigenvalue weighted by Crippen LogP contribution is -2.45. The second kappa shape index (κ2) is 8.02. The van der Waals surface area contributed by atoms with Crippen LogP contribution >= 0.6 is 0 Å². The zero-order valence-electron chi connectivity index (χ0n) is 10.5. The van der Waals surface area contributed by atoms with E-state index in [0.29, 0.717) is 19.8 Å². The molecule has 1 fully saturated rings. The summed E-state index contributed by atoms with van der Waals surface area (Å²) in [4.78, 5) is 22.6. The van der Waals surface area contributed by atoms with E-state index in [9.17, 15) is 9.59 Å². The Kier molecular flexibility index (Phi) is 6.63. The van der Waals surface area contributed by atoms with Crippen LogP contribution in [0.25, 0.3) is 0 Å². The molecule has 1 rings (SSSR count). The van der Waals surface area contributed by atoms with E-state index in [1.54, 1.807) is 0 Å². The van der Waals surface area contributed by atoms with Crippen LogP contribution < -0.4 is 10.6 Å². The van der Waals surface area contributed by atoms with Gasteiger partial charge in [-0.2, -0.15) is 0 Å². The van der Waals surface area contributed by atoms with Gasteiger partial charge in [-0.1, -0.05) is 0 Å². The van der Waals surface area contributed by atoms with Gasteiger partial charge in [0.25, 0.3) is 0 Å². The fraction of sp³-hybridized carbons (Fsp3) is 0.818. The predicted molar refractivity (Wildman–Crippen MR) is 63.3 cm³/mol. The lowest BCUT2D eigenvalue weighted by atomic mass is 10.1. The van der Waals surface area contributed by atoms with Crippen LogP contribution in [0.5, 0.6) is 0 Å². The summed E-state index contributed by atoms with van der Waals surface area (Å²) in [6.45, 7) is 2.26. The summed E-state index contributed by atoms with van der Waals surface area (Å²) in [5, 5.41) is 14.5. The van der Waals surface area contributed by atoms with Gasteiger partial charge in [0.2, 0.25) is 5.91 Å². The number of ether oxygens (including phenoxy) is 2. The Balaban J connectivity index is 2.32. The number of carbonyl (C=O) groups is 2. The summed E-state index contributed by atoms with van der Waals surface area (Å²) >= 11 is 0. The number of methoxy groups -OCH3 is 1. The van der Waals surface area contributed by atoms with Gasteiger partial charge in [-0.3, -0.25) is 4.79 Å². The molecule has 104 valence electrons. The first-order valence-corrected chi connectivity index (χ1v) is 5.97. The number of morpholine rings is 1. The van der Waals surface area contributed by atoms with Crippen molar-refractivity contribution in [3.8, 4) is 0 Å². The van der Waals surface area contributed by atoms with Gasteiger partial charge >= 0.3 is 5.97 Å². The molecule has 1 heterocycles. The molecule has 0 aromatic heterocycles. The van der Waals surface area contributed by atoms with E-state index in [1.165, 1.54) is 7.11 Å². The Morgan fingerprint density at radius 3 is 2.94 bits per heavy atom. The molecule has 0 aromatic carbocycles. The Hall–Kier alpha value is -1.18. The van der Waals surface area contributed by atoms with Crippen molar-refractivity contribution in [2.75, 3.05) is 33.4 Å². The second-order valence-electron chi connectivity index (χ2n) is 4.14. The molecule has 1 aliphatic heterocycles. The number of hydrogen-bond acceptors (Lipinski definition) is 5. The van der Waals surface area contributed by atoms with Gasteiger partial charge in [0.05, 0.1) is 19.1 Å². The molecule has 0 aliphatic carbocycles. The van der Waals surface area contributed by atoms with Crippen molar-refractivity contribution < 1.29 is 24.2 Å². The predicted octanol–water partition coefficient (Wildman–Crippen LogP) is -1.03. The van der Waals surface area contributed by atoms with Gasteiger partial charge in [-0.25, -0.2) is 4.79 Å². The highest BCUT2D eigenvalue weighted by atomic mass is 16.5. The molecule has 0 bridgehead atoms. The maximum atomic E-state index is 11.7. The summed E-state index contributed by atoms with van der Waals surface area (Å²) in [6.07, 6.45) is 0.237. The van der Waals surface area contributed by atoms with Crippen molar-refractivity contribution in [3.63, 3.8) is 0 Å². The number of carbonyl (C=O) groups excluding carboxylic acids is 1. The van der Waals surface area contributed by atoms with E-state index in [2.05, 4.69) is 10.6 Å². The molecule has 2 atom stereocenters. The zero-order valence-corrected chi connectivity index (χ0v) is 10.5. The van der Waals surface area contributed by atoms with Gasteiger partial charge in [0, 0.05) is 33.2 Å². The molecular weight excluding hydrogens is 240 g/mol. The van der Waals surface area contributed by atoms with Crippen LogP contribution in [0.1, 0.15) is 12.8 Å². The third-order valence-corrected chi connectivity index (χ3v) is 2.66. The first kappa shape index (κ1) is 14.9. The Labute approximate surface area is 106 Å². The largest absolute Gasteiger partial charge is 0.480 e. The maximum absolute atomic E-state index is 11.7. The van der Waals surface area contributed by atoms with Crippen molar-refractivity contribution in [1.29, 1.82) is 0 Å². The van der Waals surface area contributed by atoms with E-state index in [-0.39, 0.29) is 24.9 Å². The van der Waals surface area contributed by atoms with Crippen molar-refractivity contribution in [3.05, 3.63) is 0 Å². The molecule has 18 heavy (non-hydrogen) atoms. The average molecular weight is 260 g/mol. The molecule has 7 nitrogen and oxygen atoms in total. The van der Waals surface area contributed by atoms with E-state index < -0.39 is 12.0 Å². The molecule has 2 unspecified atom stereocenters. The average Bonchev–Trinajstić information content (AvgIpc) is 2.35. The molecule has 1 amide bonds. The molecular formula is C11H20N2O5. The summed E-state index contributed by atoms with van der Waals surface area (Å²) in [7, 11) is 1.49. The fourth-order valence-corrected chi connectivity index (χ4v) is 1.70. The molecule has 1 saturated heterocycles. The minimum Gasteiger partial charge on any atom is -0.480 e. The topological polar surface area (TPSA) is 96.9 Å². The van der Waals surface area contributed by atoms with Crippen LogP contribution in [0, 0.1) is 0 Å². The first-order chi connectivity index (χ1) is 8.63. The molecule has 3 N–H and O–H groups in total. The third kappa shape index (κ3) is 5.44. The summed E-state index contributed by atoms with van der Waals surface area (Å²) < 4.78 is 10.2. The minimum absolute atomic E-state index is 0.170. The Bertz CT molecular complexity index is 279. The van der Waals surface area contributed by atoms with Crippen molar-refractivity contribution in [2.45, 2.75) is 25.0 Å². The molecule has 7 heteroatoms. The molecule has 0 radical (unpaired) electrons. The second-order valence-corrected chi connectivity index (χ2v) is 4.14. The quantitative estimate of drug-likeness (QED) is 0.541. The highest BCUT2D eigenvalue weighted by molar-refractivity contribution is 5.83. The van der Waals surface area contributed by atoms with Crippen LogP contribution in [-0.4, -0.2) is 62.5 Å². The van der Waals surface area contributed by atoms with E-state index in [1.807, 2.05) is 0 Å². The highest BCUT2D eigenvalue weighted by Gasteiger charge is 2.22. The standard InChI is InChI=1S/C11H20N2O5/c1-17-4-2-9(11(15)16)13-10(14)6-8-7-12-3-5-18-8/h8-9,12H,2-7H2,1H3,(H,13,14)(H,15,16). The molecule has 0 spiro atoms. The third-order valence-electron chi connectivity index (χ3n) is 2.66. The summed E-state index contributed by atoms with van der Waals surface area (Å²) in [5.41, 5.74) is 0. The van der Waals surface area contributed by atoms with Crippen molar-refractivity contribution in [1.82, 2.24) is 10.6 Å². The van der Waals surface area contributed by atoms with Gasteiger partial charge in [0.1, 0.15) is 6.04 Å². The Morgan fingerprint density at radius 1 is 1.61 bits per heavy atom. The van der Waals surface area contributed by atoms with Gasteiger partial charge in [-0.15, -0.1) is 0 Å². The normalized spacial score (nSPS) is 21.3. The van der Waals surface area contributed by atoms with E-state index in [0.717, 1.165) is 6.54 Å². The smallest absolute Gasteiger partial charge is 0.326 e. The number of carboxylic acid groups (broad SMARTS) is 1. The minimum atomic E-state index is -1.05. The number of carboxylic acids is 1. The van der Waals surface area contributed by atoms with Gasteiger partial charge in [-0.05, 0) is 0 Å². The van der Waals surface area contributed by atoms with Crippen LogP contribution in [0.2, 0.25) is 0 Å². The van der Waals surface area contributed by atoms with Crippen LogP contribution in [-0.2, 0) is 19.1 Å². The van der Waals surface area contributed by atoms with E-state index >= 15 is 0 Å². The fourth-order valence-electron chi connectivity index (χ4n) is 1.70. The monoisotopic (exact) mass is 260 g/mol. The summed E-state index contributed by atoms with van der Waals surface area (Å²) in [6, 6.07) is -0.908. The Morgan fingerprint density at radius 2 is 2.39 bits per heavy atom. The maximum Gasteiger partial charge on any atom is 0.326 e. The lowest BCUT2D eigenvalue weighted by molar-refractivity contribution is -0.142. The van der Waals surface area contributed by atoms with Crippen molar-refractivity contribution >= 4 is 11.9 Å². The van der Waals surface area contributed by atoms with Gasteiger partial charge < -0.3 is 25.2 Å². The van der Waals surface area contributed by atoms with Crippen LogP contribution in [0.4, 0.5) is 0 Å². The number of nitrogens with one attached hydrogen (secondary N) is 2. The highest BCUT2D eigenvalue weighted by Crippen LogP contribution is 2.02. The molecule has 1 aliphatic rings. The van der Waals surface area contributed by atoms with Crippen molar-refractivity contribution in [2.24, 2.45) is 0 Å².